The van der Waals surface area contributed by atoms with E-state index < -0.39 is 10.9 Å². The Balaban J connectivity index is 2.15. The third kappa shape index (κ3) is 3.10. The summed E-state index contributed by atoms with van der Waals surface area (Å²) in [4.78, 5) is 22.8. The number of carbonyl (C=O) groups excluding carboxylic acids is 1. The molecule has 0 aliphatic heterocycles. The largest absolute Gasteiger partial charge is 0.456 e. The van der Waals surface area contributed by atoms with E-state index in [2.05, 4.69) is 0 Å². The predicted molar refractivity (Wildman–Crippen MR) is 71.5 cm³/mol. The average Bonchev–Trinajstić information content (AvgIpc) is 2.89. The van der Waals surface area contributed by atoms with Gasteiger partial charge in [0.25, 0.3) is 5.69 Å². The van der Waals surface area contributed by atoms with Gasteiger partial charge in [-0.1, -0.05) is 23.7 Å². The number of ether oxygens (including phenoxy) is 1. The average molecular weight is 298 g/mol. The Bertz CT molecular complexity index is 612. The fraction of sp³-hybridized carbons (Fsp3) is 0.0833. The van der Waals surface area contributed by atoms with Crippen molar-refractivity contribution in [2.24, 2.45) is 0 Å². The van der Waals surface area contributed by atoms with Gasteiger partial charge in [-0.15, -0.1) is 11.3 Å². The monoisotopic (exact) mass is 297 g/mol. The SMILES string of the molecule is O=C(OCc1cccs1)c1cccc([N+](=O)[O-])c1Cl. The number of rotatable bonds is 4. The van der Waals surface area contributed by atoms with E-state index in [0.29, 0.717) is 0 Å². The Labute approximate surface area is 117 Å². The Kier molecular flexibility index (Phi) is 4.13. The van der Waals surface area contributed by atoms with E-state index in [1.54, 1.807) is 0 Å². The molecule has 0 amide bonds. The molecular weight excluding hydrogens is 290 g/mol. The van der Waals surface area contributed by atoms with Crippen LogP contribution in [0.15, 0.2) is 35.7 Å². The maximum Gasteiger partial charge on any atom is 0.340 e. The molecule has 0 unspecified atom stereocenters. The third-order valence-electron chi connectivity index (χ3n) is 2.32. The van der Waals surface area contributed by atoms with E-state index in [1.807, 2.05) is 17.5 Å². The molecule has 19 heavy (non-hydrogen) atoms. The van der Waals surface area contributed by atoms with E-state index in [-0.39, 0.29) is 22.9 Å². The molecule has 0 saturated heterocycles. The van der Waals surface area contributed by atoms with Gasteiger partial charge >= 0.3 is 5.97 Å². The van der Waals surface area contributed by atoms with Crippen LogP contribution in [0.5, 0.6) is 0 Å². The Morgan fingerprint density at radius 3 is 2.79 bits per heavy atom. The van der Waals surface area contributed by atoms with Crippen molar-refractivity contribution in [3.05, 3.63) is 61.3 Å². The normalized spacial score (nSPS) is 10.2. The molecule has 1 heterocycles. The van der Waals surface area contributed by atoms with E-state index in [0.717, 1.165) is 4.88 Å². The van der Waals surface area contributed by atoms with Gasteiger partial charge in [-0.2, -0.15) is 0 Å². The molecule has 2 rings (SSSR count). The number of nitro benzene ring substituents is 1. The Morgan fingerprint density at radius 1 is 1.37 bits per heavy atom. The number of hydrogen-bond donors (Lipinski definition) is 0. The summed E-state index contributed by atoms with van der Waals surface area (Å²) in [5.74, 6) is -0.679. The fourth-order valence-corrected chi connectivity index (χ4v) is 2.32. The highest BCUT2D eigenvalue weighted by Crippen LogP contribution is 2.28. The van der Waals surface area contributed by atoms with Crippen LogP contribution in [0.2, 0.25) is 5.02 Å². The summed E-state index contributed by atoms with van der Waals surface area (Å²) < 4.78 is 5.05. The van der Waals surface area contributed by atoms with E-state index in [4.69, 9.17) is 16.3 Å². The van der Waals surface area contributed by atoms with Crippen molar-refractivity contribution >= 4 is 34.6 Å². The molecule has 1 aromatic heterocycles. The van der Waals surface area contributed by atoms with Gasteiger partial charge in [-0.3, -0.25) is 10.1 Å². The smallest absolute Gasteiger partial charge is 0.340 e. The number of esters is 1. The van der Waals surface area contributed by atoms with Crippen molar-refractivity contribution in [1.82, 2.24) is 0 Å². The van der Waals surface area contributed by atoms with Crippen LogP contribution in [-0.2, 0) is 11.3 Å². The van der Waals surface area contributed by atoms with E-state index >= 15 is 0 Å². The quantitative estimate of drug-likeness (QED) is 0.490. The standard InChI is InChI=1S/C12H8ClNO4S/c13-11-9(4-1-5-10(11)14(16)17)12(15)18-7-8-3-2-6-19-8/h1-6H,7H2. The number of halogens is 1. The van der Waals surface area contributed by atoms with Crippen LogP contribution in [0.3, 0.4) is 0 Å². The lowest BCUT2D eigenvalue weighted by Gasteiger charge is -2.05. The number of thiophene rings is 1. The third-order valence-corrected chi connectivity index (χ3v) is 3.57. The molecule has 0 radical (unpaired) electrons. The van der Waals surface area contributed by atoms with Gasteiger partial charge < -0.3 is 4.74 Å². The second-order valence-electron chi connectivity index (χ2n) is 3.55. The first-order chi connectivity index (χ1) is 9.09. The summed E-state index contributed by atoms with van der Waals surface area (Å²) in [5, 5.41) is 12.4. The lowest BCUT2D eigenvalue weighted by molar-refractivity contribution is -0.384. The molecule has 0 atom stereocenters. The molecule has 98 valence electrons. The van der Waals surface area contributed by atoms with Crippen LogP contribution in [0, 0.1) is 10.1 Å². The van der Waals surface area contributed by atoms with Crippen LogP contribution >= 0.6 is 22.9 Å². The summed E-state index contributed by atoms with van der Waals surface area (Å²) in [7, 11) is 0. The number of benzene rings is 1. The summed E-state index contributed by atoms with van der Waals surface area (Å²) in [6, 6.07) is 7.69. The van der Waals surface area contributed by atoms with Gasteiger partial charge in [0.2, 0.25) is 0 Å². The molecule has 0 spiro atoms. The van der Waals surface area contributed by atoms with Crippen LogP contribution in [0.4, 0.5) is 5.69 Å². The Morgan fingerprint density at radius 2 is 2.16 bits per heavy atom. The molecule has 7 heteroatoms. The van der Waals surface area contributed by atoms with Crippen molar-refractivity contribution in [2.45, 2.75) is 6.61 Å². The van der Waals surface area contributed by atoms with Gasteiger partial charge in [0.1, 0.15) is 11.6 Å². The second kappa shape index (κ2) is 5.81. The van der Waals surface area contributed by atoms with Crippen molar-refractivity contribution in [3.8, 4) is 0 Å². The lowest BCUT2D eigenvalue weighted by Crippen LogP contribution is -2.06. The minimum atomic E-state index is -0.679. The van der Waals surface area contributed by atoms with Gasteiger partial charge in [0.05, 0.1) is 10.5 Å². The second-order valence-corrected chi connectivity index (χ2v) is 4.96. The predicted octanol–water partition coefficient (Wildman–Crippen LogP) is 3.67. The summed E-state index contributed by atoms with van der Waals surface area (Å²) in [6.07, 6.45) is 0. The maximum absolute atomic E-state index is 11.8. The highest BCUT2D eigenvalue weighted by atomic mass is 35.5. The summed E-state index contributed by atoms with van der Waals surface area (Å²) in [6.45, 7) is 0.121. The number of carbonyl (C=O) groups is 1. The minimum absolute atomic E-state index is 0.00702. The van der Waals surface area contributed by atoms with Crippen LogP contribution in [0.1, 0.15) is 15.2 Å². The summed E-state index contributed by atoms with van der Waals surface area (Å²) >= 11 is 7.27. The molecule has 2 aromatic rings. The number of hydrogen-bond acceptors (Lipinski definition) is 5. The van der Waals surface area contributed by atoms with Crippen molar-refractivity contribution in [3.63, 3.8) is 0 Å². The van der Waals surface area contributed by atoms with Crippen LogP contribution in [-0.4, -0.2) is 10.9 Å². The van der Waals surface area contributed by atoms with Crippen LogP contribution < -0.4 is 0 Å². The first-order valence-electron chi connectivity index (χ1n) is 5.22. The van der Waals surface area contributed by atoms with Gasteiger partial charge in [0.15, 0.2) is 0 Å². The van der Waals surface area contributed by atoms with Gasteiger partial charge in [-0.05, 0) is 17.5 Å². The number of nitro groups is 1. The highest BCUT2D eigenvalue weighted by molar-refractivity contribution is 7.09. The molecule has 5 nitrogen and oxygen atoms in total. The molecular formula is C12H8ClNO4S. The molecule has 0 N–H and O–H groups in total. The molecule has 0 aliphatic carbocycles. The van der Waals surface area contributed by atoms with Gasteiger partial charge in [0, 0.05) is 10.9 Å². The van der Waals surface area contributed by atoms with Crippen molar-refractivity contribution in [2.75, 3.05) is 0 Å². The lowest BCUT2D eigenvalue weighted by atomic mass is 10.2. The van der Waals surface area contributed by atoms with Crippen LogP contribution in [0.25, 0.3) is 0 Å². The van der Waals surface area contributed by atoms with E-state index in [9.17, 15) is 14.9 Å². The van der Waals surface area contributed by atoms with E-state index in [1.165, 1.54) is 29.5 Å². The molecule has 1 aromatic carbocycles. The zero-order valence-corrected chi connectivity index (χ0v) is 11.1. The Hall–Kier alpha value is -1.92. The molecule has 0 aliphatic rings. The minimum Gasteiger partial charge on any atom is -0.456 e. The van der Waals surface area contributed by atoms with Crippen molar-refractivity contribution < 1.29 is 14.5 Å². The molecule has 0 saturated carbocycles. The van der Waals surface area contributed by atoms with Gasteiger partial charge in [-0.25, -0.2) is 4.79 Å². The zero-order valence-electron chi connectivity index (χ0n) is 9.54. The highest BCUT2D eigenvalue weighted by Gasteiger charge is 2.20. The maximum atomic E-state index is 11.8. The molecule has 0 fully saturated rings. The zero-order chi connectivity index (χ0) is 13.8. The number of nitrogens with zero attached hydrogens (tertiary/aromatic N) is 1. The van der Waals surface area contributed by atoms with Crippen molar-refractivity contribution in [1.29, 1.82) is 0 Å². The topological polar surface area (TPSA) is 69.4 Å². The summed E-state index contributed by atoms with van der Waals surface area (Å²) in [5.41, 5.74) is -0.320. The molecule has 0 bridgehead atoms. The fourth-order valence-electron chi connectivity index (χ4n) is 1.43. The first kappa shape index (κ1) is 13.5. The first-order valence-corrected chi connectivity index (χ1v) is 6.48.